The van der Waals surface area contributed by atoms with E-state index in [1.54, 1.807) is 12.1 Å². The minimum absolute atomic E-state index is 0.154. The number of ketones is 1. The molecule has 2 aromatic heterocycles. The largest absolute Gasteiger partial charge is 0.287 e. The highest BCUT2D eigenvalue weighted by Gasteiger charge is 2.30. The van der Waals surface area contributed by atoms with Crippen molar-refractivity contribution in [2.24, 2.45) is 0 Å². The van der Waals surface area contributed by atoms with Gasteiger partial charge >= 0.3 is 0 Å². The number of fused-ring (bicyclic) bond motifs is 4. The number of carbonyl (C=O) groups is 2. The highest BCUT2D eigenvalue weighted by molar-refractivity contribution is 6.23. The zero-order valence-electron chi connectivity index (χ0n) is 9.83. The zero-order chi connectivity index (χ0) is 13.0. The van der Waals surface area contributed by atoms with Crippen LogP contribution in [0.15, 0.2) is 48.8 Å². The molecule has 4 rings (SSSR count). The van der Waals surface area contributed by atoms with Gasteiger partial charge in [0.05, 0.1) is 22.3 Å². The van der Waals surface area contributed by atoms with Gasteiger partial charge in [-0.1, -0.05) is 18.2 Å². The number of rotatable bonds is 0. The van der Waals surface area contributed by atoms with Gasteiger partial charge in [0, 0.05) is 17.8 Å². The van der Waals surface area contributed by atoms with Crippen LogP contribution in [0.5, 0.6) is 0 Å². The number of aromatic nitrogens is 2. The molecule has 1 aliphatic heterocycles. The lowest BCUT2D eigenvalue weighted by molar-refractivity contribution is 0.0914. The summed E-state index contributed by atoms with van der Waals surface area (Å²) in [7, 11) is 0. The quantitative estimate of drug-likeness (QED) is 0.479. The lowest BCUT2D eigenvalue weighted by Gasteiger charge is -2.16. The number of carbonyl (C=O) groups excluding carboxylic acids is 2. The van der Waals surface area contributed by atoms with Crippen LogP contribution in [0, 0.1) is 0 Å². The highest BCUT2D eigenvalue weighted by atomic mass is 16.2. The van der Waals surface area contributed by atoms with Gasteiger partial charge in [0.15, 0.2) is 0 Å². The van der Waals surface area contributed by atoms with Gasteiger partial charge in [0.2, 0.25) is 5.78 Å². The molecule has 1 aromatic carbocycles. The minimum Gasteiger partial charge on any atom is -0.287 e. The van der Waals surface area contributed by atoms with Gasteiger partial charge in [-0.05, 0) is 18.2 Å². The molecule has 3 aromatic rings. The standard InChI is InChI=1S/C15H8N2O2/c18-14-11-8-16-6-5-10(11)15(19)17-12-4-2-1-3-9(12)7-13(14)17/h1-8H. The summed E-state index contributed by atoms with van der Waals surface area (Å²) >= 11 is 0. The molecule has 0 saturated heterocycles. The first-order valence-corrected chi connectivity index (χ1v) is 5.91. The Hall–Kier alpha value is -2.75. The van der Waals surface area contributed by atoms with Crippen LogP contribution in [0.3, 0.4) is 0 Å². The second-order valence-electron chi connectivity index (χ2n) is 4.48. The normalized spacial score (nSPS) is 13.5. The molecule has 4 nitrogen and oxygen atoms in total. The third-order valence-electron chi connectivity index (χ3n) is 3.44. The summed E-state index contributed by atoms with van der Waals surface area (Å²) in [4.78, 5) is 28.8. The van der Waals surface area contributed by atoms with Crippen LogP contribution in [-0.4, -0.2) is 21.2 Å². The Balaban J connectivity index is 2.14. The number of hydrogen-bond acceptors (Lipinski definition) is 3. The van der Waals surface area contributed by atoms with Crippen molar-refractivity contribution in [3.63, 3.8) is 0 Å². The van der Waals surface area contributed by atoms with Crippen molar-refractivity contribution < 1.29 is 9.59 Å². The minimum atomic E-state index is -0.173. The number of benzene rings is 1. The van der Waals surface area contributed by atoms with Crippen LogP contribution < -0.4 is 0 Å². The molecule has 1 aliphatic rings. The molecule has 19 heavy (non-hydrogen) atoms. The van der Waals surface area contributed by atoms with E-state index < -0.39 is 0 Å². The molecule has 0 bridgehead atoms. The molecule has 0 amide bonds. The van der Waals surface area contributed by atoms with Crippen LogP contribution in [0.2, 0.25) is 0 Å². The fourth-order valence-electron chi connectivity index (χ4n) is 2.56. The van der Waals surface area contributed by atoms with E-state index in [4.69, 9.17) is 0 Å². The van der Waals surface area contributed by atoms with Crippen LogP contribution >= 0.6 is 0 Å². The molecule has 0 atom stereocenters. The Kier molecular flexibility index (Phi) is 1.82. The van der Waals surface area contributed by atoms with E-state index in [2.05, 4.69) is 4.98 Å². The van der Waals surface area contributed by atoms with Crippen LogP contribution in [0.4, 0.5) is 0 Å². The summed E-state index contributed by atoms with van der Waals surface area (Å²) < 4.78 is 1.49. The van der Waals surface area contributed by atoms with Gasteiger partial charge in [0.1, 0.15) is 0 Å². The van der Waals surface area contributed by atoms with Gasteiger partial charge in [-0.2, -0.15) is 0 Å². The molecule has 3 heterocycles. The van der Waals surface area contributed by atoms with E-state index in [0.717, 1.165) is 10.9 Å². The summed E-state index contributed by atoms with van der Waals surface area (Å²) in [5.74, 6) is -0.327. The number of pyridine rings is 1. The van der Waals surface area contributed by atoms with Crippen molar-refractivity contribution in [1.82, 2.24) is 9.55 Å². The van der Waals surface area contributed by atoms with Gasteiger partial charge in [0.25, 0.3) is 5.91 Å². The summed E-state index contributed by atoms with van der Waals surface area (Å²) in [5.41, 5.74) is 1.96. The summed E-state index contributed by atoms with van der Waals surface area (Å²) in [6.07, 6.45) is 2.98. The maximum atomic E-state index is 12.5. The first kappa shape index (κ1) is 10.2. The number of para-hydroxylation sites is 1. The monoisotopic (exact) mass is 248 g/mol. The van der Waals surface area contributed by atoms with E-state index in [-0.39, 0.29) is 11.7 Å². The van der Waals surface area contributed by atoms with Gasteiger partial charge in [-0.3, -0.25) is 19.1 Å². The van der Waals surface area contributed by atoms with Crippen LogP contribution in [0.1, 0.15) is 26.4 Å². The summed E-state index contributed by atoms with van der Waals surface area (Å²) in [5, 5.41) is 0.889. The van der Waals surface area contributed by atoms with E-state index in [1.807, 2.05) is 24.3 Å². The molecule has 0 fully saturated rings. The Morgan fingerprint density at radius 3 is 2.74 bits per heavy atom. The molecule has 0 aliphatic carbocycles. The average Bonchev–Trinajstić information content (AvgIpc) is 2.84. The van der Waals surface area contributed by atoms with E-state index >= 15 is 0 Å². The van der Waals surface area contributed by atoms with Crippen molar-refractivity contribution in [2.75, 3.05) is 0 Å². The maximum absolute atomic E-state index is 12.5. The fourth-order valence-corrected chi connectivity index (χ4v) is 2.56. The Labute approximate surface area is 108 Å². The van der Waals surface area contributed by atoms with Crippen molar-refractivity contribution in [3.8, 4) is 0 Å². The smallest absolute Gasteiger partial charge is 0.263 e. The first-order valence-electron chi connectivity index (χ1n) is 5.91. The third kappa shape index (κ3) is 1.20. The Morgan fingerprint density at radius 2 is 1.84 bits per heavy atom. The molecular weight excluding hydrogens is 240 g/mol. The van der Waals surface area contributed by atoms with E-state index in [1.165, 1.54) is 17.0 Å². The lowest BCUT2D eigenvalue weighted by atomic mass is 10.00. The highest BCUT2D eigenvalue weighted by Crippen LogP contribution is 2.28. The fraction of sp³-hybridized carbons (Fsp3) is 0. The van der Waals surface area contributed by atoms with Crippen LogP contribution in [-0.2, 0) is 0 Å². The van der Waals surface area contributed by atoms with E-state index in [9.17, 15) is 9.59 Å². The second-order valence-corrected chi connectivity index (χ2v) is 4.48. The van der Waals surface area contributed by atoms with Gasteiger partial charge in [-0.25, -0.2) is 0 Å². The predicted molar refractivity (Wildman–Crippen MR) is 69.3 cm³/mol. The first-order chi connectivity index (χ1) is 9.27. The molecule has 90 valence electrons. The van der Waals surface area contributed by atoms with E-state index in [0.29, 0.717) is 16.8 Å². The molecular formula is C15H8N2O2. The average molecular weight is 248 g/mol. The Morgan fingerprint density at radius 1 is 1.00 bits per heavy atom. The van der Waals surface area contributed by atoms with Crippen molar-refractivity contribution in [1.29, 1.82) is 0 Å². The zero-order valence-corrected chi connectivity index (χ0v) is 9.83. The molecule has 0 saturated carbocycles. The van der Waals surface area contributed by atoms with Crippen molar-refractivity contribution in [2.45, 2.75) is 0 Å². The topological polar surface area (TPSA) is 52.0 Å². The van der Waals surface area contributed by atoms with Crippen molar-refractivity contribution >= 4 is 22.6 Å². The maximum Gasteiger partial charge on any atom is 0.263 e. The molecule has 0 spiro atoms. The second kappa shape index (κ2) is 3.38. The Bertz CT molecular complexity index is 861. The molecule has 4 heteroatoms. The van der Waals surface area contributed by atoms with Gasteiger partial charge in [-0.15, -0.1) is 0 Å². The summed E-state index contributed by atoms with van der Waals surface area (Å²) in [6.45, 7) is 0. The molecule has 0 N–H and O–H groups in total. The van der Waals surface area contributed by atoms with Crippen LogP contribution in [0.25, 0.3) is 10.9 Å². The lowest BCUT2D eigenvalue weighted by Crippen LogP contribution is -2.26. The molecule has 0 unspecified atom stereocenters. The third-order valence-corrected chi connectivity index (χ3v) is 3.44. The summed E-state index contributed by atoms with van der Waals surface area (Å²) in [6, 6.07) is 10.8. The SMILES string of the molecule is O=C1c2cnccc2C(=O)n2c1cc1ccccc12. The number of hydrogen-bond donors (Lipinski definition) is 0. The number of nitrogens with zero attached hydrogens (tertiary/aromatic N) is 2. The predicted octanol–water partition coefficient (Wildman–Crippen LogP) is 2.27. The molecule has 0 radical (unpaired) electrons. The van der Waals surface area contributed by atoms with Gasteiger partial charge < -0.3 is 0 Å². The van der Waals surface area contributed by atoms with Crippen molar-refractivity contribution in [3.05, 3.63) is 65.6 Å².